The molecule has 0 atom stereocenters. The number of ether oxygens (including phenoxy) is 2. The fourth-order valence-corrected chi connectivity index (χ4v) is 5.30. The first-order valence-electron chi connectivity index (χ1n) is 11.7. The third kappa shape index (κ3) is 6.61. The molecule has 0 aromatic heterocycles. The minimum Gasteiger partial charge on any atom is -0.493 e. The highest BCUT2D eigenvalue weighted by atomic mass is 32.2. The maximum absolute atomic E-state index is 13.2. The van der Waals surface area contributed by atoms with E-state index in [-0.39, 0.29) is 11.8 Å². The number of amides is 1. The number of piperidine rings is 1. The molecule has 1 heterocycles. The monoisotopic (exact) mass is 486 g/mol. The zero-order valence-corrected chi connectivity index (χ0v) is 21.0. The molecule has 1 aliphatic rings. The molecule has 0 N–H and O–H groups in total. The summed E-state index contributed by atoms with van der Waals surface area (Å²) in [4.78, 5) is 15.0. The summed E-state index contributed by atoms with van der Waals surface area (Å²) in [6.07, 6.45) is 2.64. The van der Waals surface area contributed by atoms with Crippen LogP contribution in [-0.2, 0) is 21.4 Å². The molecular formula is C26H34N2O5S. The fraction of sp³-hybridized carbons (Fsp3) is 0.423. The van der Waals surface area contributed by atoms with Gasteiger partial charge in [-0.3, -0.25) is 4.79 Å². The molecule has 0 unspecified atom stereocenters. The Hall–Kier alpha value is -2.84. The van der Waals surface area contributed by atoms with Crippen LogP contribution < -0.4 is 9.47 Å². The molecule has 0 saturated carbocycles. The van der Waals surface area contributed by atoms with Crippen LogP contribution in [0.15, 0.2) is 53.9 Å². The summed E-state index contributed by atoms with van der Waals surface area (Å²) < 4.78 is 37.9. The number of carbonyl (C=O) groups excluding carboxylic acids is 1. The second-order valence-corrected chi connectivity index (χ2v) is 10.0. The average molecular weight is 487 g/mol. The van der Waals surface area contributed by atoms with Crippen molar-refractivity contribution in [3.63, 3.8) is 0 Å². The van der Waals surface area contributed by atoms with Crippen LogP contribution in [0.5, 0.6) is 11.5 Å². The van der Waals surface area contributed by atoms with E-state index in [0.717, 1.165) is 11.1 Å². The molecule has 3 rings (SSSR count). The fourth-order valence-electron chi connectivity index (χ4n) is 4.08. The van der Waals surface area contributed by atoms with Crippen molar-refractivity contribution in [1.82, 2.24) is 9.21 Å². The molecule has 1 saturated heterocycles. The molecule has 1 amide bonds. The van der Waals surface area contributed by atoms with E-state index in [1.54, 1.807) is 13.2 Å². The van der Waals surface area contributed by atoms with E-state index >= 15 is 0 Å². The average Bonchev–Trinajstić information content (AvgIpc) is 2.87. The summed E-state index contributed by atoms with van der Waals surface area (Å²) in [6, 6.07) is 15.0. The maximum Gasteiger partial charge on any atom is 0.236 e. The predicted octanol–water partition coefficient (Wildman–Crippen LogP) is 4.16. The van der Waals surface area contributed by atoms with Gasteiger partial charge in [-0.05, 0) is 56.0 Å². The zero-order chi connectivity index (χ0) is 24.6. The van der Waals surface area contributed by atoms with Crippen molar-refractivity contribution in [2.75, 3.05) is 33.4 Å². The number of benzene rings is 2. The van der Waals surface area contributed by atoms with Gasteiger partial charge >= 0.3 is 0 Å². The largest absolute Gasteiger partial charge is 0.493 e. The Kier molecular flexibility index (Phi) is 9.12. The molecular weight excluding hydrogens is 452 g/mol. The van der Waals surface area contributed by atoms with Gasteiger partial charge in [0.1, 0.15) is 0 Å². The van der Waals surface area contributed by atoms with Crippen molar-refractivity contribution in [2.24, 2.45) is 5.92 Å². The number of sulfonamides is 1. The van der Waals surface area contributed by atoms with Gasteiger partial charge in [0.15, 0.2) is 11.5 Å². The van der Waals surface area contributed by atoms with Crippen LogP contribution in [0, 0.1) is 5.92 Å². The van der Waals surface area contributed by atoms with Crippen molar-refractivity contribution in [2.45, 2.75) is 33.2 Å². The number of rotatable bonds is 10. The Morgan fingerprint density at radius 3 is 2.41 bits per heavy atom. The standard InChI is InChI=1S/C26H34N2O5S/c1-4-27(20-22-11-12-24(33-5-2)25(19-22)32-3)26(29)23-13-16-28(17-14-23)34(30,31)18-15-21-9-7-6-8-10-21/h6-12,15,18-19,23H,4-5,13-14,16-17,20H2,1-3H3/b18-15+. The van der Waals surface area contributed by atoms with Crippen LogP contribution in [0.2, 0.25) is 0 Å². The lowest BCUT2D eigenvalue weighted by atomic mass is 9.96. The van der Waals surface area contributed by atoms with Crippen LogP contribution in [0.3, 0.4) is 0 Å². The lowest BCUT2D eigenvalue weighted by molar-refractivity contribution is -0.137. The van der Waals surface area contributed by atoms with Gasteiger partial charge in [-0.25, -0.2) is 8.42 Å². The van der Waals surface area contributed by atoms with Gasteiger partial charge in [-0.2, -0.15) is 4.31 Å². The van der Waals surface area contributed by atoms with Crippen molar-refractivity contribution in [1.29, 1.82) is 0 Å². The highest BCUT2D eigenvalue weighted by Crippen LogP contribution is 2.29. The second-order valence-electron chi connectivity index (χ2n) is 8.20. The van der Waals surface area contributed by atoms with E-state index in [9.17, 15) is 13.2 Å². The van der Waals surface area contributed by atoms with Crippen LogP contribution in [-0.4, -0.2) is 56.9 Å². The predicted molar refractivity (Wildman–Crippen MR) is 134 cm³/mol. The minimum atomic E-state index is -3.52. The molecule has 0 bridgehead atoms. The van der Waals surface area contributed by atoms with Gasteiger partial charge in [0.2, 0.25) is 15.9 Å². The number of hydrogen-bond acceptors (Lipinski definition) is 5. The number of methoxy groups -OCH3 is 1. The third-order valence-electron chi connectivity index (χ3n) is 5.99. The van der Waals surface area contributed by atoms with E-state index in [4.69, 9.17) is 9.47 Å². The first-order chi connectivity index (χ1) is 16.4. The van der Waals surface area contributed by atoms with Gasteiger partial charge < -0.3 is 14.4 Å². The summed E-state index contributed by atoms with van der Waals surface area (Å²) in [5.41, 5.74) is 1.79. The SMILES string of the molecule is CCOc1ccc(CN(CC)C(=O)C2CCN(S(=O)(=O)/C=C/c3ccccc3)CC2)cc1OC. The van der Waals surface area contributed by atoms with Crippen molar-refractivity contribution >= 4 is 22.0 Å². The van der Waals surface area contributed by atoms with E-state index in [2.05, 4.69) is 0 Å². The molecule has 0 aliphatic carbocycles. The molecule has 34 heavy (non-hydrogen) atoms. The summed E-state index contributed by atoms with van der Waals surface area (Å²) in [6.45, 7) is 6.14. The second kappa shape index (κ2) is 12.0. The Labute approximate surface area is 203 Å². The maximum atomic E-state index is 13.2. The van der Waals surface area contributed by atoms with Gasteiger partial charge in [-0.1, -0.05) is 36.4 Å². The molecule has 8 heteroatoms. The summed E-state index contributed by atoms with van der Waals surface area (Å²) >= 11 is 0. The molecule has 1 fully saturated rings. The van der Waals surface area contributed by atoms with E-state index in [0.29, 0.717) is 57.1 Å². The van der Waals surface area contributed by atoms with E-state index in [1.165, 1.54) is 9.71 Å². The lowest BCUT2D eigenvalue weighted by Gasteiger charge is -2.33. The molecule has 184 valence electrons. The topological polar surface area (TPSA) is 76.2 Å². The molecule has 1 aliphatic heterocycles. The smallest absolute Gasteiger partial charge is 0.236 e. The molecule has 0 radical (unpaired) electrons. The molecule has 2 aromatic carbocycles. The first-order valence-corrected chi connectivity index (χ1v) is 13.2. The van der Waals surface area contributed by atoms with Crippen molar-refractivity contribution in [3.8, 4) is 11.5 Å². The lowest BCUT2D eigenvalue weighted by Crippen LogP contribution is -2.43. The molecule has 2 aromatic rings. The van der Waals surface area contributed by atoms with Crippen molar-refractivity contribution < 1.29 is 22.7 Å². The van der Waals surface area contributed by atoms with Gasteiger partial charge in [-0.15, -0.1) is 0 Å². The number of hydrogen-bond donors (Lipinski definition) is 0. The van der Waals surface area contributed by atoms with Crippen LogP contribution in [0.4, 0.5) is 0 Å². The van der Waals surface area contributed by atoms with E-state index in [1.807, 2.05) is 67.3 Å². The molecule has 0 spiro atoms. The van der Waals surface area contributed by atoms with E-state index < -0.39 is 10.0 Å². The zero-order valence-electron chi connectivity index (χ0n) is 20.1. The Bertz CT molecular complexity index is 1080. The summed E-state index contributed by atoms with van der Waals surface area (Å²) in [5.74, 6) is 1.20. The first kappa shape index (κ1) is 25.8. The number of nitrogens with zero attached hydrogens (tertiary/aromatic N) is 2. The Morgan fingerprint density at radius 2 is 1.79 bits per heavy atom. The normalized spacial score (nSPS) is 15.4. The van der Waals surface area contributed by atoms with Crippen LogP contribution >= 0.6 is 0 Å². The van der Waals surface area contributed by atoms with Crippen LogP contribution in [0.25, 0.3) is 6.08 Å². The van der Waals surface area contributed by atoms with Gasteiger partial charge in [0, 0.05) is 37.5 Å². The highest BCUT2D eigenvalue weighted by molar-refractivity contribution is 7.92. The number of carbonyl (C=O) groups is 1. The van der Waals surface area contributed by atoms with Gasteiger partial charge in [0.05, 0.1) is 13.7 Å². The highest BCUT2D eigenvalue weighted by Gasteiger charge is 2.32. The third-order valence-corrected chi connectivity index (χ3v) is 7.55. The van der Waals surface area contributed by atoms with Crippen LogP contribution in [0.1, 0.15) is 37.8 Å². The molecule has 7 nitrogen and oxygen atoms in total. The summed E-state index contributed by atoms with van der Waals surface area (Å²) in [5, 5.41) is 1.25. The quantitative estimate of drug-likeness (QED) is 0.504. The summed E-state index contributed by atoms with van der Waals surface area (Å²) in [7, 11) is -1.92. The minimum absolute atomic E-state index is 0.0622. The Balaban J connectivity index is 1.59. The van der Waals surface area contributed by atoms with Gasteiger partial charge in [0.25, 0.3) is 0 Å². The Morgan fingerprint density at radius 1 is 1.09 bits per heavy atom. The van der Waals surface area contributed by atoms with Crippen molar-refractivity contribution in [3.05, 3.63) is 65.1 Å².